The molecule has 1 unspecified atom stereocenters. The molecule has 0 bridgehead atoms. The van der Waals surface area contributed by atoms with Crippen LogP contribution >= 0.6 is 0 Å². The highest BCUT2D eigenvalue weighted by Crippen LogP contribution is 2.19. The van der Waals surface area contributed by atoms with Crippen molar-refractivity contribution < 1.29 is 4.74 Å². The first kappa shape index (κ1) is 13.3. The van der Waals surface area contributed by atoms with Gasteiger partial charge in [0.2, 0.25) is 0 Å². The van der Waals surface area contributed by atoms with E-state index in [-0.39, 0.29) is 0 Å². The lowest BCUT2D eigenvalue weighted by Gasteiger charge is -2.23. The average molecular weight is 240 g/mol. The van der Waals surface area contributed by atoms with E-state index in [9.17, 15) is 0 Å². The fourth-order valence-electron chi connectivity index (χ4n) is 2.94. The molecule has 1 heterocycles. The molecule has 0 spiro atoms. The molecule has 2 aliphatic rings. The Morgan fingerprint density at radius 3 is 2.71 bits per heavy atom. The number of nitrogens with one attached hydrogen (secondary N) is 2. The molecule has 0 radical (unpaired) electrons. The first-order chi connectivity index (χ1) is 8.45. The van der Waals surface area contributed by atoms with E-state index in [1.165, 1.54) is 64.5 Å². The van der Waals surface area contributed by atoms with Gasteiger partial charge in [0.05, 0.1) is 12.7 Å². The molecule has 2 rings (SSSR count). The van der Waals surface area contributed by atoms with E-state index < -0.39 is 0 Å². The molecule has 2 N–H and O–H groups in total. The van der Waals surface area contributed by atoms with E-state index in [0.717, 1.165) is 13.2 Å². The van der Waals surface area contributed by atoms with Gasteiger partial charge in [-0.2, -0.15) is 0 Å². The molecule has 1 atom stereocenters. The third kappa shape index (κ3) is 5.36. The third-order valence-corrected chi connectivity index (χ3v) is 4.02. The van der Waals surface area contributed by atoms with Crippen LogP contribution in [0.5, 0.6) is 0 Å². The topological polar surface area (TPSA) is 33.3 Å². The first-order valence-electron chi connectivity index (χ1n) is 7.51. The molecule has 0 aromatic carbocycles. The molecule has 1 saturated heterocycles. The summed E-state index contributed by atoms with van der Waals surface area (Å²) < 4.78 is 5.93. The predicted molar refractivity (Wildman–Crippen MR) is 71.3 cm³/mol. The smallest absolute Gasteiger partial charge is 0.0594 e. The summed E-state index contributed by atoms with van der Waals surface area (Å²) in [5.41, 5.74) is 0. The van der Waals surface area contributed by atoms with E-state index in [2.05, 4.69) is 10.6 Å². The molecule has 17 heavy (non-hydrogen) atoms. The largest absolute Gasteiger partial charge is 0.377 e. The minimum atomic E-state index is 0.557. The van der Waals surface area contributed by atoms with Gasteiger partial charge in [-0.3, -0.25) is 0 Å². The Morgan fingerprint density at radius 1 is 0.941 bits per heavy atom. The number of ether oxygens (including phenoxy) is 1. The fraction of sp³-hybridized carbons (Fsp3) is 1.00. The zero-order valence-corrected chi connectivity index (χ0v) is 11.0. The Morgan fingerprint density at radius 2 is 1.82 bits per heavy atom. The van der Waals surface area contributed by atoms with Crippen molar-refractivity contribution in [2.75, 3.05) is 26.2 Å². The van der Waals surface area contributed by atoms with Gasteiger partial charge in [0.25, 0.3) is 0 Å². The molecule has 1 aliphatic carbocycles. The van der Waals surface area contributed by atoms with E-state index in [1.807, 2.05) is 0 Å². The molecular weight excluding hydrogens is 212 g/mol. The number of rotatable bonds is 5. The second-order valence-electron chi connectivity index (χ2n) is 5.46. The quantitative estimate of drug-likeness (QED) is 0.722. The Kier molecular flexibility index (Phi) is 6.32. The summed E-state index contributed by atoms with van der Waals surface area (Å²) >= 11 is 0. The van der Waals surface area contributed by atoms with E-state index >= 15 is 0 Å². The van der Waals surface area contributed by atoms with Crippen LogP contribution < -0.4 is 10.6 Å². The van der Waals surface area contributed by atoms with Crippen LogP contribution in [0.1, 0.15) is 51.4 Å². The van der Waals surface area contributed by atoms with Crippen molar-refractivity contribution in [1.82, 2.24) is 10.6 Å². The van der Waals surface area contributed by atoms with Crippen LogP contribution in [0, 0.1) is 0 Å². The minimum Gasteiger partial charge on any atom is -0.377 e. The highest BCUT2D eigenvalue weighted by molar-refractivity contribution is 4.72. The number of hydrogen-bond acceptors (Lipinski definition) is 3. The second-order valence-corrected chi connectivity index (χ2v) is 5.46. The summed E-state index contributed by atoms with van der Waals surface area (Å²) in [5, 5.41) is 7.08. The summed E-state index contributed by atoms with van der Waals surface area (Å²) in [6.45, 7) is 4.29. The molecule has 3 nitrogen and oxygen atoms in total. The second kappa shape index (κ2) is 8.06. The highest BCUT2D eigenvalue weighted by Gasteiger charge is 2.14. The zero-order valence-electron chi connectivity index (χ0n) is 11.0. The monoisotopic (exact) mass is 240 g/mol. The predicted octanol–water partition coefficient (Wildman–Crippen LogP) is 2.07. The Labute approximate surface area is 106 Å². The van der Waals surface area contributed by atoms with Gasteiger partial charge < -0.3 is 15.4 Å². The molecule has 2 fully saturated rings. The van der Waals surface area contributed by atoms with Crippen molar-refractivity contribution in [2.24, 2.45) is 0 Å². The minimum absolute atomic E-state index is 0.557. The van der Waals surface area contributed by atoms with Crippen molar-refractivity contribution in [3.63, 3.8) is 0 Å². The zero-order chi connectivity index (χ0) is 11.8. The summed E-state index contributed by atoms with van der Waals surface area (Å²) in [5.74, 6) is 0. The summed E-state index contributed by atoms with van der Waals surface area (Å²) in [4.78, 5) is 0. The van der Waals surface area contributed by atoms with Crippen molar-refractivity contribution >= 4 is 0 Å². The van der Waals surface area contributed by atoms with Crippen LogP contribution in [0.25, 0.3) is 0 Å². The molecule has 100 valence electrons. The van der Waals surface area contributed by atoms with Gasteiger partial charge in [0, 0.05) is 12.6 Å². The van der Waals surface area contributed by atoms with Gasteiger partial charge in [-0.1, -0.05) is 19.3 Å². The van der Waals surface area contributed by atoms with Crippen LogP contribution in [0.4, 0.5) is 0 Å². The van der Waals surface area contributed by atoms with E-state index in [1.54, 1.807) is 0 Å². The number of hydrogen-bond donors (Lipinski definition) is 2. The molecule has 1 saturated carbocycles. The van der Waals surface area contributed by atoms with Gasteiger partial charge in [-0.25, -0.2) is 0 Å². The van der Waals surface area contributed by atoms with Gasteiger partial charge in [0.1, 0.15) is 0 Å². The van der Waals surface area contributed by atoms with Crippen LogP contribution in [0.15, 0.2) is 0 Å². The van der Waals surface area contributed by atoms with Crippen LogP contribution in [0.3, 0.4) is 0 Å². The van der Waals surface area contributed by atoms with E-state index in [0.29, 0.717) is 12.1 Å². The maximum Gasteiger partial charge on any atom is 0.0594 e. The van der Waals surface area contributed by atoms with Gasteiger partial charge in [-0.15, -0.1) is 0 Å². The van der Waals surface area contributed by atoms with Crippen molar-refractivity contribution in [2.45, 2.75) is 63.5 Å². The third-order valence-electron chi connectivity index (χ3n) is 4.02. The first-order valence-corrected chi connectivity index (χ1v) is 7.51. The lowest BCUT2D eigenvalue weighted by molar-refractivity contribution is 0.0292. The average Bonchev–Trinajstić information content (AvgIpc) is 2.65. The highest BCUT2D eigenvalue weighted by atomic mass is 16.5. The maximum absolute atomic E-state index is 5.93. The maximum atomic E-state index is 5.93. The summed E-state index contributed by atoms with van der Waals surface area (Å²) in [7, 11) is 0. The summed E-state index contributed by atoms with van der Waals surface area (Å²) in [6, 6.07) is 0.708. The molecule has 1 aliphatic heterocycles. The Hall–Kier alpha value is -0.120. The Balaban J connectivity index is 1.49. The Bertz CT molecular complexity index is 185. The molecule has 0 amide bonds. The lowest BCUT2D eigenvalue weighted by Crippen LogP contribution is -2.33. The van der Waals surface area contributed by atoms with Crippen molar-refractivity contribution in [3.05, 3.63) is 0 Å². The van der Waals surface area contributed by atoms with Crippen molar-refractivity contribution in [3.8, 4) is 0 Å². The van der Waals surface area contributed by atoms with Gasteiger partial charge in [0.15, 0.2) is 0 Å². The normalized spacial score (nSPS) is 27.9. The molecule has 0 aromatic rings. The van der Waals surface area contributed by atoms with E-state index in [4.69, 9.17) is 4.74 Å². The lowest BCUT2D eigenvalue weighted by atomic mass is 9.98. The van der Waals surface area contributed by atoms with Crippen molar-refractivity contribution in [1.29, 1.82) is 0 Å². The summed E-state index contributed by atoms with van der Waals surface area (Å²) in [6.07, 6.45) is 11.2. The van der Waals surface area contributed by atoms with Crippen LogP contribution in [-0.4, -0.2) is 38.4 Å². The standard InChI is InChI=1S/C14H28N2O/c1-2-6-14(7-3-1)17-12-11-16-13-5-4-9-15-10-8-13/h13-16H,1-12H2. The molecule has 3 heteroatoms. The van der Waals surface area contributed by atoms with Gasteiger partial charge >= 0.3 is 0 Å². The molecular formula is C14H28N2O. The van der Waals surface area contributed by atoms with Gasteiger partial charge in [-0.05, 0) is 45.2 Å². The SMILES string of the molecule is C1CCC(OCCNC2CCCNCC2)CC1. The fourth-order valence-corrected chi connectivity index (χ4v) is 2.94. The van der Waals surface area contributed by atoms with Crippen LogP contribution in [-0.2, 0) is 4.74 Å². The molecule has 0 aromatic heterocycles. The van der Waals surface area contributed by atoms with Crippen LogP contribution in [0.2, 0.25) is 0 Å².